The van der Waals surface area contributed by atoms with Crippen molar-refractivity contribution >= 4 is 11.6 Å². The van der Waals surface area contributed by atoms with E-state index in [2.05, 4.69) is 36.1 Å². The third-order valence-electron chi connectivity index (χ3n) is 4.15. The molecule has 1 aromatic rings. The minimum absolute atomic E-state index is 0.529. The summed E-state index contributed by atoms with van der Waals surface area (Å²) < 4.78 is 1.91. The van der Waals surface area contributed by atoms with Gasteiger partial charge in [0, 0.05) is 38.8 Å². The van der Waals surface area contributed by atoms with Crippen LogP contribution < -0.4 is 5.32 Å². The molecule has 5 heteroatoms. The molecule has 19 heavy (non-hydrogen) atoms. The van der Waals surface area contributed by atoms with Crippen LogP contribution in [-0.4, -0.2) is 39.9 Å². The third kappa shape index (κ3) is 3.12. The first-order chi connectivity index (χ1) is 8.90. The largest absolute Gasteiger partial charge is 0.311 e. The molecule has 0 aliphatic carbocycles. The molecule has 0 amide bonds. The molecule has 0 radical (unpaired) electrons. The van der Waals surface area contributed by atoms with Crippen LogP contribution in [-0.2, 0) is 13.6 Å². The summed E-state index contributed by atoms with van der Waals surface area (Å²) in [6, 6.07) is 1.09. The lowest BCUT2D eigenvalue weighted by atomic mass is 9.99. The van der Waals surface area contributed by atoms with Crippen LogP contribution in [0, 0.1) is 12.8 Å². The number of nitrogens with zero attached hydrogens (tertiary/aromatic N) is 3. The molecule has 2 atom stereocenters. The number of rotatable bonds is 3. The first-order valence-electron chi connectivity index (χ1n) is 7.05. The molecular weight excluding hydrogens is 260 g/mol. The van der Waals surface area contributed by atoms with E-state index in [9.17, 15) is 0 Å². The molecule has 1 N–H and O–H groups in total. The van der Waals surface area contributed by atoms with Crippen molar-refractivity contribution in [3.63, 3.8) is 0 Å². The summed E-state index contributed by atoms with van der Waals surface area (Å²) in [6.45, 7) is 11.8. The zero-order valence-electron chi connectivity index (χ0n) is 12.6. The molecule has 1 saturated heterocycles. The third-order valence-corrected chi connectivity index (χ3v) is 4.64. The van der Waals surface area contributed by atoms with Crippen molar-refractivity contribution in [2.45, 2.75) is 46.3 Å². The smallest absolute Gasteiger partial charge is 0.0860 e. The molecule has 1 aromatic heterocycles. The lowest BCUT2D eigenvalue weighted by Gasteiger charge is -2.40. The topological polar surface area (TPSA) is 33.1 Å². The zero-order valence-corrected chi connectivity index (χ0v) is 13.3. The Morgan fingerprint density at radius 2 is 2.16 bits per heavy atom. The Bertz CT molecular complexity index is 441. The number of hydrogen-bond donors (Lipinski definition) is 1. The molecular formula is C14H25ClN4. The Kier molecular flexibility index (Phi) is 4.54. The van der Waals surface area contributed by atoms with Crippen molar-refractivity contribution in [3.8, 4) is 0 Å². The zero-order chi connectivity index (χ0) is 14.2. The maximum Gasteiger partial charge on any atom is 0.0860 e. The summed E-state index contributed by atoms with van der Waals surface area (Å²) in [4.78, 5) is 2.50. The lowest BCUT2D eigenvalue weighted by Crippen LogP contribution is -2.56. The molecule has 1 aliphatic heterocycles. The first kappa shape index (κ1) is 14.8. The summed E-state index contributed by atoms with van der Waals surface area (Å²) in [5, 5.41) is 8.83. The van der Waals surface area contributed by atoms with Gasteiger partial charge >= 0.3 is 0 Å². The molecule has 1 fully saturated rings. The van der Waals surface area contributed by atoms with Crippen LogP contribution in [0.3, 0.4) is 0 Å². The summed E-state index contributed by atoms with van der Waals surface area (Å²) in [7, 11) is 1.97. The van der Waals surface area contributed by atoms with Crippen LogP contribution in [0.4, 0.5) is 0 Å². The SMILES string of the molecule is Cc1nn(C)c(CN2CC(C(C)C)NCC2C)c1Cl. The van der Waals surface area contributed by atoms with Crippen molar-refractivity contribution in [1.29, 1.82) is 0 Å². The van der Waals surface area contributed by atoms with Gasteiger partial charge in [-0.05, 0) is 19.8 Å². The van der Waals surface area contributed by atoms with Gasteiger partial charge in [0.25, 0.3) is 0 Å². The molecule has 0 aromatic carbocycles. The minimum Gasteiger partial charge on any atom is -0.311 e. The highest BCUT2D eigenvalue weighted by atomic mass is 35.5. The second kappa shape index (κ2) is 5.81. The van der Waals surface area contributed by atoms with Crippen molar-refractivity contribution < 1.29 is 0 Å². The van der Waals surface area contributed by atoms with E-state index in [1.165, 1.54) is 0 Å². The van der Waals surface area contributed by atoms with Gasteiger partial charge in [-0.25, -0.2) is 0 Å². The number of aryl methyl sites for hydroxylation is 2. The fourth-order valence-corrected chi connectivity index (χ4v) is 2.88. The normalized spacial score (nSPS) is 25.2. The molecule has 0 bridgehead atoms. The van der Waals surface area contributed by atoms with E-state index in [1.54, 1.807) is 0 Å². The molecule has 2 rings (SSSR count). The summed E-state index contributed by atoms with van der Waals surface area (Å²) in [5.41, 5.74) is 2.04. The molecule has 108 valence electrons. The fraction of sp³-hybridized carbons (Fsp3) is 0.786. The van der Waals surface area contributed by atoms with Gasteiger partial charge in [-0.3, -0.25) is 9.58 Å². The van der Waals surface area contributed by atoms with E-state index in [0.29, 0.717) is 18.0 Å². The van der Waals surface area contributed by atoms with Crippen LogP contribution >= 0.6 is 11.6 Å². The Morgan fingerprint density at radius 1 is 1.47 bits per heavy atom. The van der Waals surface area contributed by atoms with E-state index in [0.717, 1.165) is 36.0 Å². The standard InChI is InChI=1S/C14H25ClN4/c1-9(2)12-7-19(10(3)6-16-12)8-13-14(15)11(4)17-18(13)5/h9-10,12,16H,6-8H2,1-5H3. The molecule has 0 saturated carbocycles. The molecule has 2 unspecified atom stereocenters. The molecule has 4 nitrogen and oxygen atoms in total. The van der Waals surface area contributed by atoms with Crippen molar-refractivity contribution in [2.24, 2.45) is 13.0 Å². The quantitative estimate of drug-likeness (QED) is 0.924. The Morgan fingerprint density at radius 3 is 2.68 bits per heavy atom. The van der Waals surface area contributed by atoms with E-state index in [1.807, 2.05) is 18.7 Å². The number of nitrogens with one attached hydrogen (secondary N) is 1. The Hall–Kier alpha value is -0.580. The van der Waals surface area contributed by atoms with Crippen molar-refractivity contribution in [3.05, 3.63) is 16.4 Å². The van der Waals surface area contributed by atoms with E-state index < -0.39 is 0 Å². The highest BCUT2D eigenvalue weighted by Gasteiger charge is 2.28. The van der Waals surface area contributed by atoms with E-state index in [-0.39, 0.29) is 0 Å². The Balaban J connectivity index is 2.12. The fourth-order valence-electron chi connectivity index (χ4n) is 2.66. The van der Waals surface area contributed by atoms with Crippen LogP contribution in [0.1, 0.15) is 32.2 Å². The maximum atomic E-state index is 6.35. The van der Waals surface area contributed by atoms with Crippen LogP contribution in [0.15, 0.2) is 0 Å². The maximum absolute atomic E-state index is 6.35. The van der Waals surface area contributed by atoms with Gasteiger partial charge in [-0.1, -0.05) is 25.4 Å². The van der Waals surface area contributed by atoms with Gasteiger partial charge < -0.3 is 5.32 Å². The summed E-state index contributed by atoms with van der Waals surface area (Å²) >= 11 is 6.35. The predicted molar refractivity (Wildman–Crippen MR) is 79.5 cm³/mol. The van der Waals surface area contributed by atoms with Crippen LogP contribution in [0.5, 0.6) is 0 Å². The number of hydrogen-bond acceptors (Lipinski definition) is 3. The number of piperazine rings is 1. The second-order valence-corrected chi connectivity index (χ2v) is 6.38. The Labute approximate surface area is 121 Å². The monoisotopic (exact) mass is 284 g/mol. The van der Waals surface area contributed by atoms with Crippen molar-refractivity contribution in [2.75, 3.05) is 13.1 Å². The second-order valence-electron chi connectivity index (χ2n) is 6.01. The highest BCUT2D eigenvalue weighted by Crippen LogP contribution is 2.23. The number of aromatic nitrogens is 2. The minimum atomic E-state index is 0.529. The average Bonchev–Trinajstić information content (AvgIpc) is 2.58. The molecule has 2 heterocycles. The number of halogens is 1. The molecule has 0 spiro atoms. The average molecular weight is 285 g/mol. The van der Waals surface area contributed by atoms with Crippen LogP contribution in [0.25, 0.3) is 0 Å². The van der Waals surface area contributed by atoms with Gasteiger partial charge in [0.1, 0.15) is 0 Å². The van der Waals surface area contributed by atoms with Gasteiger partial charge in [0.15, 0.2) is 0 Å². The van der Waals surface area contributed by atoms with Gasteiger partial charge in [-0.2, -0.15) is 5.10 Å². The van der Waals surface area contributed by atoms with Gasteiger partial charge in [-0.15, -0.1) is 0 Å². The first-order valence-corrected chi connectivity index (χ1v) is 7.43. The van der Waals surface area contributed by atoms with Gasteiger partial charge in [0.05, 0.1) is 16.4 Å². The summed E-state index contributed by atoms with van der Waals surface area (Å²) in [6.07, 6.45) is 0. The van der Waals surface area contributed by atoms with Gasteiger partial charge in [0.2, 0.25) is 0 Å². The van der Waals surface area contributed by atoms with E-state index in [4.69, 9.17) is 11.6 Å². The van der Waals surface area contributed by atoms with Crippen molar-refractivity contribution in [1.82, 2.24) is 20.0 Å². The highest BCUT2D eigenvalue weighted by molar-refractivity contribution is 6.31. The predicted octanol–water partition coefficient (Wildman–Crippen LogP) is 2.20. The van der Waals surface area contributed by atoms with E-state index >= 15 is 0 Å². The van der Waals surface area contributed by atoms with Crippen LogP contribution in [0.2, 0.25) is 5.02 Å². The summed E-state index contributed by atoms with van der Waals surface area (Å²) in [5.74, 6) is 0.652. The lowest BCUT2D eigenvalue weighted by molar-refractivity contribution is 0.113. The molecule has 1 aliphatic rings.